The Morgan fingerprint density at radius 2 is 2.29 bits per heavy atom. The first-order chi connectivity index (χ1) is 8.24. The zero-order chi connectivity index (χ0) is 12.3. The Hall–Kier alpha value is -1.10. The van der Waals surface area contributed by atoms with Crippen LogP contribution in [-0.4, -0.2) is 29.8 Å². The topological polar surface area (TPSA) is 39.1 Å². The van der Waals surface area contributed by atoms with E-state index in [1.54, 1.807) is 7.11 Å². The zero-order valence-electron chi connectivity index (χ0n) is 10.0. The lowest BCUT2D eigenvalue weighted by Crippen LogP contribution is -2.20. The second kappa shape index (κ2) is 5.49. The summed E-state index contributed by atoms with van der Waals surface area (Å²) in [6.07, 6.45) is 0. The molecule has 0 aliphatic heterocycles. The molecule has 17 heavy (non-hydrogen) atoms. The molecule has 92 valence electrons. The van der Waals surface area contributed by atoms with Crippen LogP contribution in [0.4, 0.5) is 0 Å². The fourth-order valence-corrected chi connectivity index (χ4v) is 2.10. The molecular weight excluding hydrogens is 238 g/mol. The Bertz CT molecular complexity index is 510. The fourth-order valence-electron chi connectivity index (χ4n) is 1.80. The number of ether oxygens (including phenoxy) is 1. The molecule has 1 aromatic heterocycles. The lowest BCUT2D eigenvalue weighted by atomic mass is 10.3. The van der Waals surface area contributed by atoms with Gasteiger partial charge in [-0.1, -0.05) is 17.7 Å². The summed E-state index contributed by atoms with van der Waals surface area (Å²) < 4.78 is 7.00. The van der Waals surface area contributed by atoms with Crippen LogP contribution in [0, 0.1) is 0 Å². The maximum Gasteiger partial charge on any atom is 0.123 e. The number of halogens is 1. The van der Waals surface area contributed by atoms with Crippen LogP contribution in [-0.2, 0) is 18.3 Å². The Balaban J connectivity index is 2.18. The number of methoxy groups -OCH3 is 1. The largest absolute Gasteiger partial charge is 0.383 e. The minimum atomic E-state index is 0.699. The average Bonchev–Trinajstić information content (AvgIpc) is 2.63. The molecule has 2 rings (SSSR count). The molecule has 5 heteroatoms. The summed E-state index contributed by atoms with van der Waals surface area (Å²) in [4.78, 5) is 4.55. The third kappa shape index (κ3) is 2.60. The van der Waals surface area contributed by atoms with Crippen molar-refractivity contribution in [3.63, 3.8) is 0 Å². The number of aryl methyl sites for hydroxylation is 1. The van der Waals surface area contributed by atoms with E-state index < -0.39 is 0 Å². The highest BCUT2D eigenvalue weighted by atomic mass is 35.5. The molecule has 0 aliphatic rings. The molecule has 2 aromatic rings. The van der Waals surface area contributed by atoms with E-state index in [9.17, 15) is 0 Å². The number of benzene rings is 1. The minimum absolute atomic E-state index is 0.699. The molecule has 0 spiro atoms. The predicted octanol–water partition coefficient (Wildman–Crippen LogP) is 1.96. The summed E-state index contributed by atoms with van der Waals surface area (Å²) in [5.74, 6) is 0.976. The summed E-state index contributed by atoms with van der Waals surface area (Å²) in [5, 5.41) is 4.01. The average molecular weight is 254 g/mol. The van der Waals surface area contributed by atoms with Crippen LogP contribution in [0.25, 0.3) is 11.0 Å². The van der Waals surface area contributed by atoms with Crippen molar-refractivity contribution < 1.29 is 4.74 Å². The Morgan fingerprint density at radius 1 is 1.47 bits per heavy atom. The van der Waals surface area contributed by atoms with Crippen molar-refractivity contribution in [2.45, 2.75) is 6.54 Å². The van der Waals surface area contributed by atoms with E-state index in [1.807, 2.05) is 29.8 Å². The van der Waals surface area contributed by atoms with Crippen molar-refractivity contribution >= 4 is 22.6 Å². The SMILES string of the molecule is COCCNCc1nc2cccc(Cl)c2n1C. The third-order valence-corrected chi connectivity index (χ3v) is 3.01. The highest BCUT2D eigenvalue weighted by molar-refractivity contribution is 6.34. The standard InChI is InChI=1S/C12H16ClN3O/c1-16-11(8-14-6-7-17-2)15-10-5-3-4-9(13)12(10)16/h3-5,14H,6-8H2,1-2H3. The van der Waals surface area contributed by atoms with Crippen LogP contribution < -0.4 is 5.32 Å². The van der Waals surface area contributed by atoms with Gasteiger partial charge in [-0.15, -0.1) is 0 Å². The van der Waals surface area contributed by atoms with E-state index in [4.69, 9.17) is 16.3 Å². The van der Waals surface area contributed by atoms with Gasteiger partial charge in [0.15, 0.2) is 0 Å². The van der Waals surface area contributed by atoms with Crippen molar-refractivity contribution in [3.05, 3.63) is 29.0 Å². The van der Waals surface area contributed by atoms with Crippen LogP contribution in [0.5, 0.6) is 0 Å². The van der Waals surface area contributed by atoms with E-state index in [2.05, 4.69) is 10.3 Å². The second-order valence-corrected chi connectivity index (χ2v) is 4.27. The summed E-state index contributed by atoms with van der Waals surface area (Å²) in [6.45, 7) is 2.23. The van der Waals surface area contributed by atoms with Crippen LogP contribution in [0.3, 0.4) is 0 Å². The van der Waals surface area contributed by atoms with E-state index in [1.165, 1.54) is 0 Å². The van der Waals surface area contributed by atoms with Gasteiger partial charge >= 0.3 is 0 Å². The molecular formula is C12H16ClN3O. The first-order valence-electron chi connectivity index (χ1n) is 5.53. The maximum absolute atomic E-state index is 6.16. The number of para-hydroxylation sites is 1. The fraction of sp³-hybridized carbons (Fsp3) is 0.417. The first-order valence-corrected chi connectivity index (χ1v) is 5.91. The third-order valence-electron chi connectivity index (χ3n) is 2.70. The van der Waals surface area contributed by atoms with Crippen molar-refractivity contribution in [3.8, 4) is 0 Å². The van der Waals surface area contributed by atoms with Gasteiger partial charge < -0.3 is 14.6 Å². The molecule has 0 fully saturated rings. The van der Waals surface area contributed by atoms with Crippen molar-refractivity contribution in [2.75, 3.05) is 20.3 Å². The highest BCUT2D eigenvalue weighted by Gasteiger charge is 2.09. The van der Waals surface area contributed by atoms with E-state index in [-0.39, 0.29) is 0 Å². The molecule has 1 aromatic carbocycles. The quantitative estimate of drug-likeness (QED) is 0.828. The number of imidazole rings is 1. The van der Waals surface area contributed by atoms with Gasteiger partial charge in [0.25, 0.3) is 0 Å². The van der Waals surface area contributed by atoms with Gasteiger partial charge in [-0.2, -0.15) is 0 Å². The molecule has 0 radical (unpaired) electrons. The highest BCUT2D eigenvalue weighted by Crippen LogP contribution is 2.23. The van der Waals surface area contributed by atoms with E-state index in [0.717, 1.165) is 28.4 Å². The molecule has 0 amide bonds. The number of nitrogens with one attached hydrogen (secondary N) is 1. The van der Waals surface area contributed by atoms with Gasteiger partial charge in [-0.25, -0.2) is 4.98 Å². The smallest absolute Gasteiger partial charge is 0.123 e. The molecule has 0 atom stereocenters. The van der Waals surface area contributed by atoms with Gasteiger partial charge in [-0.3, -0.25) is 0 Å². The van der Waals surface area contributed by atoms with Gasteiger partial charge in [0.05, 0.1) is 29.2 Å². The molecule has 4 nitrogen and oxygen atoms in total. The number of fused-ring (bicyclic) bond motifs is 1. The predicted molar refractivity (Wildman–Crippen MR) is 69.3 cm³/mol. The van der Waals surface area contributed by atoms with Crippen LogP contribution in [0.15, 0.2) is 18.2 Å². The normalized spacial score (nSPS) is 11.2. The molecule has 1 N–H and O–H groups in total. The molecule has 0 bridgehead atoms. The molecule has 0 saturated carbocycles. The van der Waals surface area contributed by atoms with Crippen LogP contribution in [0.2, 0.25) is 5.02 Å². The Kier molecular flexibility index (Phi) is 3.99. The van der Waals surface area contributed by atoms with E-state index >= 15 is 0 Å². The number of nitrogens with zero attached hydrogens (tertiary/aromatic N) is 2. The molecule has 0 unspecified atom stereocenters. The van der Waals surface area contributed by atoms with Gasteiger partial charge in [0.1, 0.15) is 5.82 Å². The minimum Gasteiger partial charge on any atom is -0.383 e. The summed E-state index contributed by atoms with van der Waals surface area (Å²) in [7, 11) is 3.67. The summed E-state index contributed by atoms with van der Waals surface area (Å²) in [6, 6.07) is 5.77. The van der Waals surface area contributed by atoms with Crippen LogP contribution >= 0.6 is 11.6 Å². The lowest BCUT2D eigenvalue weighted by molar-refractivity contribution is 0.199. The maximum atomic E-state index is 6.16. The van der Waals surface area contributed by atoms with Crippen LogP contribution in [0.1, 0.15) is 5.82 Å². The first kappa shape index (κ1) is 12.4. The van der Waals surface area contributed by atoms with Gasteiger partial charge in [0, 0.05) is 20.7 Å². The van der Waals surface area contributed by atoms with Gasteiger partial charge in [0.2, 0.25) is 0 Å². The van der Waals surface area contributed by atoms with Crippen molar-refractivity contribution in [1.82, 2.24) is 14.9 Å². The number of aromatic nitrogens is 2. The lowest BCUT2D eigenvalue weighted by Gasteiger charge is -2.04. The Morgan fingerprint density at radius 3 is 3.00 bits per heavy atom. The monoisotopic (exact) mass is 253 g/mol. The second-order valence-electron chi connectivity index (χ2n) is 3.86. The van der Waals surface area contributed by atoms with Gasteiger partial charge in [-0.05, 0) is 12.1 Å². The summed E-state index contributed by atoms with van der Waals surface area (Å²) >= 11 is 6.16. The van der Waals surface area contributed by atoms with Crippen molar-refractivity contribution in [1.29, 1.82) is 0 Å². The number of hydrogen-bond acceptors (Lipinski definition) is 3. The Labute approximate surface area is 106 Å². The summed E-state index contributed by atoms with van der Waals surface area (Å²) in [5.41, 5.74) is 1.92. The van der Waals surface area contributed by atoms with E-state index in [0.29, 0.717) is 13.2 Å². The van der Waals surface area contributed by atoms with Crippen molar-refractivity contribution in [2.24, 2.45) is 7.05 Å². The molecule has 0 saturated heterocycles. The zero-order valence-corrected chi connectivity index (χ0v) is 10.8. The molecule has 0 aliphatic carbocycles. The number of hydrogen-bond donors (Lipinski definition) is 1. The molecule has 1 heterocycles. The number of rotatable bonds is 5.